The van der Waals surface area contributed by atoms with Gasteiger partial charge in [-0.2, -0.15) is 0 Å². The van der Waals surface area contributed by atoms with Crippen molar-refractivity contribution in [2.45, 2.75) is 103 Å². The summed E-state index contributed by atoms with van der Waals surface area (Å²) in [7, 11) is 0. The summed E-state index contributed by atoms with van der Waals surface area (Å²) >= 11 is 0. The first kappa shape index (κ1) is 29.6. The van der Waals surface area contributed by atoms with Gasteiger partial charge < -0.3 is 20.8 Å². The van der Waals surface area contributed by atoms with Crippen LogP contribution in [0.4, 0.5) is 0 Å². The van der Waals surface area contributed by atoms with Gasteiger partial charge in [0.05, 0.1) is 12.5 Å². The van der Waals surface area contributed by atoms with Crippen LogP contribution in [0.5, 0.6) is 0 Å². The normalized spacial score (nSPS) is 16.0. The molecule has 1 heterocycles. The summed E-state index contributed by atoms with van der Waals surface area (Å²) in [5.41, 5.74) is 4.78. The summed E-state index contributed by atoms with van der Waals surface area (Å²) in [6.45, 7) is 3.86. The highest BCUT2D eigenvalue weighted by Gasteiger charge is 2.33. The zero-order valence-electron chi connectivity index (χ0n) is 19.9. The molecule has 6 nitrogen and oxygen atoms in total. The van der Waals surface area contributed by atoms with E-state index in [4.69, 9.17) is 15.9 Å². The number of rotatable bonds is 18. The molecule has 1 fully saturated rings. The molecule has 1 saturated heterocycles. The lowest BCUT2D eigenvalue weighted by Crippen LogP contribution is -2.27. The van der Waals surface area contributed by atoms with Crippen LogP contribution in [0.25, 0.3) is 0 Å². The number of carboxylic acid groups (broad SMARTS) is 1. The Morgan fingerprint density at radius 2 is 1.45 bits per heavy atom. The minimum absolute atomic E-state index is 0.00939. The Morgan fingerprint density at radius 1 is 0.968 bits per heavy atom. The molecule has 1 atom stereocenters. The Hall–Kier alpha value is -1.40. The van der Waals surface area contributed by atoms with Gasteiger partial charge in [-0.05, 0) is 32.1 Å². The average Bonchev–Trinajstić information content (AvgIpc) is 3.14. The third-order valence-electron chi connectivity index (χ3n) is 5.63. The monoisotopic (exact) mass is 440 g/mol. The number of aliphatic carboxylic acids is 1. The first-order valence-electron chi connectivity index (χ1n) is 12.5. The van der Waals surface area contributed by atoms with Gasteiger partial charge in [-0.25, -0.2) is 0 Å². The highest BCUT2D eigenvalue weighted by atomic mass is 16.4. The van der Waals surface area contributed by atoms with Crippen molar-refractivity contribution < 1.29 is 19.8 Å². The van der Waals surface area contributed by atoms with Gasteiger partial charge in [-0.1, -0.05) is 76.9 Å². The van der Waals surface area contributed by atoms with E-state index in [9.17, 15) is 9.59 Å². The van der Waals surface area contributed by atoms with Gasteiger partial charge in [0.25, 0.3) is 0 Å². The highest BCUT2D eigenvalue weighted by Crippen LogP contribution is 2.19. The largest absolute Gasteiger partial charge is 0.481 e. The van der Waals surface area contributed by atoms with Gasteiger partial charge in [0.1, 0.15) is 0 Å². The summed E-state index contributed by atoms with van der Waals surface area (Å²) in [5.74, 6) is -1.33. The van der Waals surface area contributed by atoms with E-state index in [1.54, 1.807) is 4.90 Å². The second-order valence-electron chi connectivity index (χ2n) is 8.53. The topological polar surface area (TPSA) is 104 Å². The van der Waals surface area contributed by atoms with Crippen molar-refractivity contribution in [3.05, 3.63) is 12.2 Å². The fraction of sp³-hybridized carbons (Fsp3) is 0.840. The summed E-state index contributed by atoms with van der Waals surface area (Å²) in [4.78, 5) is 24.4. The number of carboxylic acids is 1. The fourth-order valence-corrected chi connectivity index (χ4v) is 3.70. The van der Waals surface area contributed by atoms with E-state index >= 15 is 0 Å². The van der Waals surface area contributed by atoms with Crippen LogP contribution >= 0.6 is 0 Å². The summed E-state index contributed by atoms with van der Waals surface area (Å²) in [5, 5.41) is 16.7. The van der Waals surface area contributed by atoms with E-state index in [2.05, 4.69) is 19.1 Å². The number of carbonyl (C=O) groups is 2. The Bertz CT molecular complexity index is 466. The Balaban J connectivity index is 0.00000206. The lowest BCUT2D eigenvalue weighted by Gasteiger charge is -2.15. The van der Waals surface area contributed by atoms with Gasteiger partial charge in [0.15, 0.2) is 0 Å². The number of nitrogens with two attached hydrogens (primary N) is 1. The maximum absolute atomic E-state index is 11.7. The number of aliphatic hydroxyl groups is 1. The molecule has 4 N–H and O–H groups in total. The number of allylic oxidation sites excluding steroid dienone is 2. The molecule has 1 aliphatic rings. The van der Waals surface area contributed by atoms with Crippen LogP contribution in [0, 0.1) is 5.92 Å². The molecule has 0 radical (unpaired) electrons. The zero-order valence-corrected chi connectivity index (χ0v) is 19.9. The molecule has 0 saturated carbocycles. The lowest BCUT2D eigenvalue weighted by atomic mass is 10.1. The predicted molar refractivity (Wildman–Crippen MR) is 128 cm³/mol. The molecule has 0 aromatic heterocycles. The summed E-state index contributed by atoms with van der Waals surface area (Å²) in [6, 6.07) is 0. The van der Waals surface area contributed by atoms with Crippen molar-refractivity contribution in [1.29, 1.82) is 0 Å². The SMILES string of the molecule is CCCCCCCC/C=C\CCCCCCCCN1CC(C(=O)O)CC1=O.NCCO. The molecule has 1 amide bonds. The number of carbonyl (C=O) groups excluding carboxylic acids is 1. The van der Waals surface area contributed by atoms with Crippen LogP contribution in [0.15, 0.2) is 12.2 Å². The van der Waals surface area contributed by atoms with E-state index in [1.807, 2.05) is 0 Å². The molecule has 0 aromatic carbocycles. The van der Waals surface area contributed by atoms with Gasteiger partial charge in [-0.3, -0.25) is 9.59 Å². The first-order valence-corrected chi connectivity index (χ1v) is 12.5. The van der Waals surface area contributed by atoms with E-state index in [1.165, 1.54) is 77.0 Å². The van der Waals surface area contributed by atoms with Crippen LogP contribution in [0.2, 0.25) is 0 Å². The molecule has 1 unspecified atom stereocenters. The second-order valence-corrected chi connectivity index (χ2v) is 8.53. The average molecular weight is 441 g/mol. The Labute approximate surface area is 190 Å². The molecule has 1 aliphatic heterocycles. The van der Waals surface area contributed by atoms with Crippen LogP contribution < -0.4 is 5.73 Å². The maximum atomic E-state index is 11.7. The fourth-order valence-electron chi connectivity index (χ4n) is 3.70. The van der Waals surface area contributed by atoms with Crippen LogP contribution in [0.1, 0.15) is 103 Å². The maximum Gasteiger partial charge on any atom is 0.308 e. The van der Waals surface area contributed by atoms with Crippen LogP contribution in [-0.2, 0) is 9.59 Å². The molecular formula is C25H48N2O4. The van der Waals surface area contributed by atoms with Crippen LogP contribution in [-0.4, -0.2) is 53.2 Å². The highest BCUT2D eigenvalue weighted by molar-refractivity contribution is 5.86. The van der Waals surface area contributed by atoms with E-state index in [0.717, 1.165) is 19.4 Å². The quantitative estimate of drug-likeness (QED) is 0.208. The first-order chi connectivity index (χ1) is 15.1. The number of likely N-dealkylation sites (tertiary alicyclic amines) is 1. The van der Waals surface area contributed by atoms with E-state index < -0.39 is 11.9 Å². The minimum atomic E-state index is -0.841. The number of hydrogen-bond donors (Lipinski definition) is 3. The van der Waals surface area contributed by atoms with E-state index in [0.29, 0.717) is 13.1 Å². The van der Waals surface area contributed by atoms with Gasteiger partial charge in [-0.15, -0.1) is 0 Å². The Morgan fingerprint density at radius 3 is 1.90 bits per heavy atom. The zero-order chi connectivity index (χ0) is 23.2. The molecule has 0 aliphatic carbocycles. The number of nitrogens with zero attached hydrogens (tertiary/aromatic N) is 1. The molecule has 6 heteroatoms. The van der Waals surface area contributed by atoms with E-state index in [-0.39, 0.29) is 18.9 Å². The molecular weight excluding hydrogens is 392 g/mol. The molecule has 0 spiro atoms. The third-order valence-corrected chi connectivity index (χ3v) is 5.63. The van der Waals surface area contributed by atoms with Gasteiger partial charge in [0.2, 0.25) is 5.91 Å². The molecule has 0 aromatic rings. The molecule has 31 heavy (non-hydrogen) atoms. The number of unbranched alkanes of at least 4 members (excludes halogenated alkanes) is 12. The van der Waals surface area contributed by atoms with Crippen LogP contribution in [0.3, 0.4) is 0 Å². The summed E-state index contributed by atoms with van der Waals surface area (Å²) in [6.07, 6.45) is 22.7. The Kier molecular flexibility index (Phi) is 20.8. The third kappa shape index (κ3) is 17.9. The smallest absolute Gasteiger partial charge is 0.308 e. The minimum Gasteiger partial charge on any atom is -0.481 e. The van der Waals surface area contributed by atoms with Crippen molar-refractivity contribution in [3.63, 3.8) is 0 Å². The van der Waals surface area contributed by atoms with Crippen molar-refractivity contribution in [3.8, 4) is 0 Å². The second kappa shape index (κ2) is 21.8. The number of aliphatic hydroxyl groups excluding tert-OH is 1. The van der Waals surface area contributed by atoms with Crippen molar-refractivity contribution in [1.82, 2.24) is 4.90 Å². The van der Waals surface area contributed by atoms with Crippen molar-refractivity contribution >= 4 is 11.9 Å². The molecule has 182 valence electrons. The van der Waals surface area contributed by atoms with Crippen molar-refractivity contribution in [2.24, 2.45) is 11.7 Å². The molecule has 1 rings (SSSR count). The van der Waals surface area contributed by atoms with Gasteiger partial charge >= 0.3 is 5.97 Å². The van der Waals surface area contributed by atoms with Crippen molar-refractivity contribution in [2.75, 3.05) is 26.2 Å². The lowest BCUT2D eigenvalue weighted by molar-refractivity contribution is -0.141. The summed E-state index contributed by atoms with van der Waals surface area (Å²) < 4.78 is 0. The standard InChI is InChI=1S/C23H41NO3.C2H7NO/c1-2-3-4-5-6-7-8-9-10-11-12-13-14-15-16-17-18-24-20-21(23(26)27)19-22(24)25;3-1-2-4/h9-10,21H,2-8,11-20H2,1H3,(H,26,27);4H,1-3H2/b10-9-;. The number of amides is 1. The predicted octanol–water partition coefficient (Wildman–Crippen LogP) is 4.89. The van der Waals surface area contributed by atoms with Gasteiger partial charge in [0, 0.05) is 26.1 Å². The molecule has 0 bridgehead atoms. The number of hydrogen-bond acceptors (Lipinski definition) is 4.